The molecule has 20 heavy (non-hydrogen) atoms. The summed E-state index contributed by atoms with van der Waals surface area (Å²) >= 11 is 0. The maximum atomic E-state index is 10.7. The summed E-state index contributed by atoms with van der Waals surface area (Å²) in [6, 6.07) is 5.70. The Morgan fingerprint density at radius 2 is 1.95 bits per heavy atom. The molecule has 0 aromatic heterocycles. The Hall–Kier alpha value is -2.17. The van der Waals surface area contributed by atoms with Crippen LogP contribution < -0.4 is 14.4 Å². The summed E-state index contributed by atoms with van der Waals surface area (Å²) in [6.07, 6.45) is 2.83. The van der Waals surface area contributed by atoms with Crippen LogP contribution in [0.15, 0.2) is 29.8 Å². The number of rotatable bonds is 4. The van der Waals surface area contributed by atoms with Gasteiger partial charge in [0.25, 0.3) is 0 Å². The van der Waals surface area contributed by atoms with Gasteiger partial charge in [0.15, 0.2) is 0 Å². The van der Waals surface area contributed by atoms with Crippen molar-refractivity contribution in [3.63, 3.8) is 0 Å². The summed E-state index contributed by atoms with van der Waals surface area (Å²) in [4.78, 5) is 12.9. The quantitative estimate of drug-likeness (QED) is 0.856. The number of carboxylic acids is 1. The van der Waals surface area contributed by atoms with E-state index in [4.69, 9.17) is 14.6 Å². The standard InChI is InChI=1S/C15H19NO4/c1-19-12-3-4-14(20-2)13(10-12)16-7-5-11(6-8-16)9-15(17)18/h3-4,9-10H,5-8H2,1-2H3,(H,17,18). The highest BCUT2D eigenvalue weighted by Gasteiger charge is 2.18. The highest BCUT2D eigenvalue weighted by molar-refractivity contribution is 5.80. The summed E-state index contributed by atoms with van der Waals surface area (Å²) in [5.41, 5.74) is 1.97. The van der Waals surface area contributed by atoms with E-state index in [1.165, 1.54) is 6.08 Å². The van der Waals surface area contributed by atoms with Crippen LogP contribution in [0.3, 0.4) is 0 Å². The van der Waals surface area contributed by atoms with Crippen molar-refractivity contribution >= 4 is 11.7 Å². The molecule has 5 nitrogen and oxygen atoms in total. The molecule has 0 spiro atoms. The van der Waals surface area contributed by atoms with Crippen molar-refractivity contribution < 1.29 is 19.4 Å². The van der Waals surface area contributed by atoms with Gasteiger partial charge in [-0.2, -0.15) is 0 Å². The molecule has 1 aliphatic rings. The zero-order valence-electron chi connectivity index (χ0n) is 11.8. The molecule has 1 fully saturated rings. The van der Waals surface area contributed by atoms with Gasteiger partial charge in [-0.25, -0.2) is 4.79 Å². The predicted octanol–water partition coefficient (Wildman–Crippen LogP) is 2.32. The number of aliphatic carboxylic acids is 1. The number of nitrogens with zero attached hydrogens (tertiary/aromatic N) is 1. The number of carboxylic acid groups (broad SMARTS) is 1. The second kappa shape index (κ2) is 6.32. The second-order valence-corrected chi connectivity index (χ2v) is 4.67. The number of ether oxygens (including phenoxy) is 2. The molecule has 0 unspecified atom stereocenters. The highest BCUT2D eigenvalue weighted by atomic mass is 16.5. The smallest absolute Gasteiger partial charge is 0.328 e. The third-order valence-electron chi connectivity index (χ3n) is 3.46. The Morgan fingerprint density at radius 3 is 2.50 bits per heavy atom. The van der Waals surface area contributed by atoms with Crippen LogP contribution in [0, 0.1) is 0 Å². The van der Waals surface area contributed by atoms with Crippen molar-refractivity contribution in [1.82, 2.24) is 0 Å². The number of hydrogen-bond donors (Lipinski definition) is 1. The molecule has 0 bridgehead atoms. The molecule has 1 N–H and O–H groups in total. The van der Waals surface area contributed by atoms with Crippen LogP contribution >= 0.6 is 0 Å². The fraction of sp³-hybridized carbons (Fsp3) is 0.400. The third kappa shape index (κ3) is 3.23. The van der Waals surface area contributed by atoms with E-state index < -0.39 is 5.97 Å². The van der Waals surface area contributed by atoms with E-state index in [0.29, 0.717) is 0 Å². The van der Waals surface area contributed by atoms with E-state index >= 15 is 0 Å². The Morgan fingerprint density at radius 1 is 1.25 bits per heavy atom. The minimum Gasteiger partial charge on any atom is -0.497 e. The highest BCUT2D eigenvalue weighted by Crippen LogP contribution is 2.34. The summed E-state index contributed by atoms with van der Waals surface area (Å²) in [5.74, 6) is 0.719. The molecule has 0 amide bonds. The Bertz CT molecular complexity index is 515. The predicted molar refractivity (Wildman–Crippen MR) is 76.7 cm³/mol. The van der Waals surface area contributed by atoms with Gasteiger partial charge in [-0.05, 0) is 25.0 Å². The summed E-state index contributed by atoms with van der Waals surface area (Å²) in [6.45, 7) is 1.56. The summed E-state index contributed by atoms with van der Waals surface area (Å²) < 4.78 is 10.6. The molecule has 2 rings (SSSR count). The van der Waals surface area contributed by atoms with Crippen LogP contribution in [0.25, 0.3) is 0 Å². The molecule has 0 atom stereocenters. The SMILES string of the molecule is COc1ccc(OC)c(N2CCC(=CC(=O)O)CC2)c1. The summed E-state index contributed by atoms with van der Waals surface area (Å²) in [7, 11) is 3.28. The minimum atomic E-state index is -0.868. The van der Waals surface area contributed by atoms with Crippen LogP contribution in [0.5, 0.6) is 11.5 Å². The monoisotopic (exact) mass is 277 g/mol. The van der Waals surface area contributed by atoms with E-state index in [2.05, 4.69) is 4.90 Å². The lowest BCUT2D eigenvalue weighted by Gasteiger charge is -2.31. The lowest BCUT2D eigenvalue weighted by molar-refractivity contribution is -0.131. The normalized spacial score (nSPS) is 14.9. The average Bonchev–Trinajstić information content (AvgIpc) is 2.46. The molecule has 0 saturated carbocycles. The van der Waals surface area contributed by atoms with Gasteiger partial charge in [0, 0.05) is 25.2 Å². The largest absolute Gasteiger partial charge is 0.497 e. The zero-order chi connectivity index (χ0) is 14.5. The number of piperidine rings is 1. The van der Waals surface area contributed by atoms with Gasteiger partial charge >= 0.3 is 5.97 Å². The minimum absolute atomic E-state index is 0.757. The topological polar surface area (TPSA) is 59.0 Å². The lowest BCUT2D eigenvalue weighted by atomic mass is 10.0. The molecule has 0 radical (unpaired) electrons. The van der Waals surface area contributed by atoms with Gasteiger partial charge < -0.3 is 19.5 Å². The maximum absolute atomic E-state index is 10.7. The third-order valence-corrected chi connectivity index (χ3v) is 3.46. The molecule has 1 heterocycles. The Labute approximate surface area is 118 Å². The van der Waals surface area contributed by atoms with Crippen molar-refractivity contribution in [2.24, 2.45) is 0 Å². The van der Waals surface area contributed by atoms with Crippen molar-refractivity contribution in [1.29, 1.82) is 0 Å². The van der Waals surface area contributed by atoms with E-state index in [0.717, 1.165) is 48.7 Å². The van der Waals surface area contributed by atoms with E-state index in [1.807, 2.05) is 18.2 Å². The van der Waals surface area contributed by atoms with E-state index in [1.54, 1.807) is 14.2 Å². The number of benzene rings is 1. The molecular formula is C15H19NO4. The first-order valence-corrected chi connectivity index (χ1v) is 6.53. The molecule has 1 aromatic carbocycles. The number of carbonyl (C=O) groups is 1. The van der Waals surface area contributed by atoms with Crippen LogP contribution in [-0.2, 0) is 4.79 Å². The fourth-order valence-electron chi connectivity index (χ4n) is 2.40. The van der Waals surface area contributed by atoms with E-state index in [-0.39, 0.29) is 0 Å². The molecule has 1 aromatic rings. The van der Waals surface area contributed by atoms with Crippen molar-refractivity contribution in [3.05, 3.63) is 29.8 Å². The maximum Gasteiger partial charge on any atom is 0.328 e. The van der Waals surface area contributed by atoms with Crippen LogP contribution in [0.4, 0.5) is 5.69 Å². The van der Waals surface area contributed by atoms with Gasteiger partial charge in [-0.3, -0.25) is 0 Å². The van der Waals surface area contributed by atoms with Crippen LogP contribution in [0.1, 0.15) is 12.8 Å². The molecule has 5 heteroatoms. The van der Waals surface area contributed by atoms with E-state index in [9.17, 15) is 4.79 Å². The van der Waals surface area contributed by atoms with Crippen molar-refractivity contribution in [2.75, 3.05) is 32.2 Å². The zero-order valence-corrected chi connectivity index (χ0v) is 11.8. The molecule has 1 aliphatic heterocycles. The van der Waals surface area contributed by atoms with Gasteiger partial charge in [0.05, 0.1) is 19.9 Å². The van der Waals surface area contributed by atoms with Gasteiger partial charge in [-0.15, -0.1) is 0 Å². The van der Waals surface area contributed by atoms with Crippen LogP contribution in [-0.4, -0.2) is 38.4 Å². The molecule has 0 aliphatic carbocycles. The Kier molecular flexibility index (Phi) is 4.50. The molecule has 1 saturated heterocycles. The van der Waals surface area contributed by atoms with Crippen LogP contribution in [0.2, 0.25) is 0 Å². The van der Waals surface area contributed by atoms with Crippen molar-refractivity contribution in [3.8, 4) is 11.5 Å². The second-order valence-electron chi connectivity index (χ2n) is 4.67. The molecular weight excluding hydrogens is 258 g/mol. The van der Waals surface area contributed by atoms with Gasteiger partial charge in [-0.1, -0.05) is 5.57 Å². The summed E-state index contributed by atoms with van der Waals surface area (Å²) in [5, 5.41) is 8.77. The first-order chi connectivity index (χ1) is 9.63. The lowest BCUT2D eigenvalue weighted by Crippen LogP contribution is -2.31. The van der Waals surface area contributed by atoms with Gasteiger partial charge in [0.1, 0.15) is 11.5 Å². The Balaban J connectivity index is 2.15. The fourth-order valence-corrected chi connectivity index (χ4v) is 2.40. The molecule has 108 valence electrons. The van der Waals surface area contributed by atoms with Gasteiger partial charge in [0.2, 0.25) is 0 Å². The van der Waals surface area contributed by atoms with Crippen molar-refractivity contribution in [2.45, 2.75) is 12.8 Å². The average molecular weight is 277 g/mol. The number of hydrogen-bond acceptors (Lipinski definition) is 4. The number of anilines is 1. The first-order valence-electron chi connectivity index (χ1n) is 6.53. The number of methoxy groups -OCH3 is 2. The first kappa shape index (κ1) is 14.2.